The molecule has 1 aromatic rings. The number of rotatable bonds is 1. The standard InChI is InChI=1S/C14H10BrF3O4/c1-13(2)21-11(19)8(12(20)22-13)6-7-4-3-5-9(15)10(7)14(16,17)18/h3-6H,1-2H3. The minimum Gasteiger partial charge on any atom is -0.419 e. The summed E-state index contributed by atoms with van der Waals surface area (Å²) < 4.78 is 48.7. The Kier molecular flexibility index (Phi) is 4.08. The van der Waals surface area contributed by atoms with Crippen LogP contribution >= 0.6 is 15.9 Å². The zero-order valence-corrected chi connectivity index (χ0v) is 13.0. The van der Waals surface area contributed by atoms with Gasteiger partial charge in [0.05, 0.1) is 5.56 Å². The Bertz CT molecular complexity index is 655. The molecule has 0 atom stereocenters. The average molecular weight is 379 g/mol. The van der Waals surface area contributed by atoms with Gasteiger partial charge < -0.3 is 9.47 Å². The summed E-state index contributed by atoms with van der Waals surface area (Å²) in [5.74, 6) is -3.51. The van der Waals surface area contributed by atoms with Crippen molar-refractivity contribution in [3.8, 4) is 0 Å². The van der Waals surface area contributed by atoms with Crippen molar-refractivity contribution in [3.63, 3.8) is 0 Å². The Morgan fingerprint density at radius 3 is 2.18 bits per heavy atom. The van der Waals surface area contributed by atoms with Crippen LogP contribution in [-0.2, 0) is 25.2 Å². The van der Waals surface area contributed by atoms with Crippen molar-refractivity contribution in [1.29, 1.82) is 0 Å². The van der Waals surface area contributed by atoms with E-state index in [9.17, 15) is 22.8 Å². The van der Waals surface area contributed by atoms with Gasteiger partial charge in [-0.3, -0.25) is 0 Å². The molecule has 0 saturated carbocycles. The van der Waals surface area contributed by atoms with Gasteiger partial charge in [0.1, 0.15) is 5.57 Å². The Morgan fingerprint density at radius 2 is 1.68 bits per heavy atom. The number of cyclic esters (lactones) is 2. The van der Waals surface area contributed by atoms with Crippen LogP contribution in [0.3, 0.4) is 0 Å². The summed E-state index contributed by atoms with van der Waals surface area (Å²) in [6, 6.07) is 3.71. The minimum atomic E-state index is -4.66. The van der Waals surface area contributed by atoms with Crippen LogP contribution in [0.15, 0.2) is 28.2 Å². The third kappa shape index (κ3) is 3.32. The van der Waals surface area contributed by atoms with Crippen molar-refractivity contribution in [3.05, 3.63) is 39.4 Å². The molecule has 1 aromatic carbocycles. The second-order valence-electron chi connectivity index (χ2n) is 4.94. The van der Waals surface area contributed by atoms with Crippen LogP contribution in [0, 0.1) is 0 Å². The molecule has 0 bridgehead atoms. The molecule has 8 heteroatoms. The third-order valence-electron chi connectivity index (χ3n) is 2.75. The number of carbonyl (C=O) groups excluding carboxylic acids is 2. The molecule has 1 heterocycles. The Hall–Kier alpha value is -1.83. The number of alkyl halides is 3. The molecule has 0 spiro atoms. The van der Waals surface area contributed by atoms with Gasteiger partial charge in [0, 0.05) is 18.3 Å². The van der Waals surface area contributed by atoms with Crippen molar-refractivity contribution >= 4 is 33.9 Å². The van der Waals surface area contributed by atoms with E-state index >= 15 is 0 Å². The van der Waals surface area contributed by atoms with Gasteiger partial charge in [-0.2, -0.15) is 13.2 Å². The first-order valence-corrected chi connectivity index (χ1v) is 6.85. The van der Waals surface area contributed by atoms with Gasteiger partial charge in [-0.1, -0.05) is 28.1 Å². The van der Waals surface area contributed by atoms with Crippen LogP contribution < -0.4 is 0 Å². The molecular weight excluding hydrogens is 369 g/mol. The Labute approximate surface area is 132 Å². The van der Waals surface area contributed by atoms with E-state index in [2.05, 4.69) is 15.9 Å². The fourth-order valence-electron chi connectivity index (χ4n) is 1.89. The number of esters is 2. The number of ether oxygens (including phenoxy) is 2. The molecular formula is C14H10BrF3O4. The number of benzene rings is 1. The normalized spacial score (nSPS) is 17.8. The van der Waals surface area contributed by atoms with Crippen molar-refractivity contribution < 1.29 is 32.2 Å². The summed E-state index contributed by atoms with van der Waals surface area (Å²) in [4.78, 5) is 23.6. The summed E-state index contributed by atoms with van der Waals surface area (Å²) in [5, 5.41) is 0. The molecule has 4 nitrogen and oxygen atoms in total. The molecule has 0 amide bonds. The number of hydrogen-bond donors (Lipinski definition) is 0. The van der Waals surface area contributed by atoms with Gasteiger partial charge >= 0.3 is 18.1 Å². The zero-order valence-electron chi connectivity index (χ0n) is 11.5. The summed E-state index contributed by atoms with van der Waals surface area (Å²) in [6.07, 6.45) is -3.85. The molecule has 0 aliphatic carbocycles. The van der Waals surface area contributed by atoms with Crippen molar-refractivity contribution in [1.82, 2.24) is 0 Å². The van der Waals surface area contributed by atoms with Crippen LogP contribution in [0.1, 0.15) is 25.0 Å². The molecule has 1 aliphatic heterocycles. The summed E-state index contributed by atoms with van der Waals surface area (Å²) in [6.45, 7) is 2.69. The fourth-order valence-corrected chi connectivity index (χ4v) is 2.50. The molecule has 0 unspecified atom stereocenters. The molecule has 1 saturated heterocycles. The highest BCUT2D eigenvalue weighted by atomic mass is 79.9. The fraction of sp³-hybridized carbons (Fsp3) is 0.286. The summed E-state index contributed by atoms with van der Waals surface area (Å²) in [5.41, 5.74) is -1.93. The molecule has 22 heavy (non-hydrogen) atoms. The van der Waals surface area contributed by atoms with Crippen LogP contribution in [-0.4, -0.2) is 17.7 Å². The number of hydrogen-bond acceptors (Lipinski definition) is 4. The Balaban J connectivity index is 2.53. The second kappa shape index (κ2) is 5.42. The zero-order chi connectivity index (χ0) is 16.7. The minimum absolute atomic E-state index is 0.202. The van der Waals surface area contributed by atoms with E-state index in [0.29, 0.717) is 0 Å². The van der Waals surface area contributed by atoms with Gasteiger partial charge in [0.15, 0.2) is 0 Å². The lowest BCUT2D eigenvalue weighted by Gasteiger charge is -2.29. The highest BCUT2D eigenvalue weighted by molar-refractivity contribution is 9.10. The predicted octanol–water partition coefficient (Wildman–Crippen LogP) is 3.69. The molecule has 0 radical (unpaired) electrons. The first-order chi connectivity index (χ1) is 10.0. The molecule has 0 aromatic heterocycles. The maximum Gasteiger partial charge on any atom is 0.418 e. The lowest BCUT2D eigenvalue weighted by atomic mass is 10.0. The van der Waals surface area contributed by atoms with E-state index in [1.54, 1.807) is 0 Å². The quantitative estimate of drug-likeness (QED) is 0.424. The maximum atomic E-state index is 13.1. The first kappa shape index (κ1) is 16.5. The highest BCUT2D eigenvalue weighted by Gasteiger charge is 2.40. The van der Waals surface area contributed by atoms with E-state index in [-0.39, 0.29) is 10.0 Å². The highest BCUT2D eigenvalue weighted by Crippen LogP contribution is 2.38. The predicted molar refractivity (Wildman–Crippen MR) is 73.4 cm³/mol. The van der Waals surface area contributed by atoms with Crippen LogP contribution in [0.5, 0.6) is 0 Å². The SMILES string of the molecule is CC1(C)OC(=O)C(=Cc2cccc(Br)c2C(F)(F)F)C(=O)O1. The van der Waals surface area contributed by atoms with Gasteiger partial charge in [0.2, 0.25) is 0 Å². The van der Waals surface area contributed by atoms with Gasteiger partial charge in [-0.15, -0.1) is 0 Å². The van der Waals surface area contributed by atoms with Crippen LogP contribution in [0.2, 0.25) is 0 Å². The first-order valence-electron chi connectivity index (χ1n) is 6.05. The van der Waals surface area contributed by atoms with E-state index in [1.807, 2.05) is 0 Å². The van der Waals surface area contributed by atoms with E-state index in [1.165, 1.54) is 26.0 Å². The summed E-state index contributed by atoms with van der Waals surface area (Å²) >= 11 is 2.81. The lowest BCUT2D eigenvalue weighted by Crippen LogP contribution is -2.41. The molecule has 118 valence electrons. The smallest absolute Gasteiger partial charge is 0.418 e. The molecule has 1 fully saturated rings. The maximum absolute atomic E-state index is 13.1. The monoisotopic (exact) mass is 378 g/mol. The van der Waals surface area contributed by atoms with Crippen molar-refractivity contribution in [2.75, 3.05) is 0 Å². The lowest BCUT2D eigenvalue weighted by molar-refractivity contribution is -0.222. The number of halogens is 4. The molecule has 2 rings (SSSR count). The average Bonchev–Trinajstić information content (AvgIpc) is 2.31. The molecule has 0 N–H and O–H groups in total. The van der Waals surface area contributed by atoms with Gasteiger partial charge in [-0.25, -0.2) is 9.59 Å². The van der Waals surface area contributed by atoms with Crippen molar-refractivity contribution in [2.45, 2.75) is 25.8 Å². The summed E-state index contributed by atoms with van der Waals surface area (Å²) in [7, 11) is 0. The van der Waals surface area contributed by atoms with E-state index in [4.69, 9.17) is 9.47 Å². The van der Waals surface area contributed by atoms with Crippen LogP contribution in [0.4, 0.5) is 13.2 Å². The van der Waals surface area contributed by atoms with Gasteiger partial charge in [0.25, 0.3) is 5.79 Å². The van der Waals surface area contributed by atoms with Gasteiger partial charge in [-0.05, 0) is 17.7 Å². The van der Waals surface area contributed by atoms with Crippen LogP contribution in [0.25, 0.3) is 6.08 Å². The molecule has 1 aliphatic rings. The second-order valence-corrected chi connectivity index (χ2v) is 5.79. The Morgan fingerprint density at radius 1 is 1.14 bits per heavy atom. The third-order valence-corrected chi connectivity index (χ3v) is 3.41. The topological polar surface area (TPSA) is 52.6 Å². The largest absolute Gasteiger partial charge is 0.419 e. The number of carbonyl (C=O) groups is 2. The van der Waals surface area contributed by atoms with E-state index in [0.717, 1.165) is 12.1 Å². The van der Waals surface area contributed by atoms with E-state index < -0.39 is 35.0 Å². The van der Waals surface area contributed by atoms with Crippen molar-refractivity contribution in [2.24, 2.45) is 0 Å².